The van der Waals surface area contributed by atoms with Crippen LogP contribution in [0.25, 0.3) is 0 Å². The summed E-state index contributed by atoms with van der Waals surface area (Å²) in [4.78, 5) is 12.1. The summed E-state index contributed by atoms with van der Waals surface area (Å²) in [5.74, 6) is -0.938. The van der Waals surface area contributed by atoms with Gasteiger partial charge in [0.05, 0.1) is 12.4 Å². The SMILES string of the molecule is CCOCc1ccccc1CNC(=O)CS(=O)(=O)CCCc1ccccc1. The van der Waals surface area contributed by atoms with Crippen LogP contribution in [-0.4, -0.2) is 32.4 Å². The van der Waals surface area contributed by atoms with E-state index in [-0.39, 0.29) is 5.75 Å². The molecule has 5 nitrogen and oxygen atoms in total. The number of nitrogens with one attached hydrogen (secondary N) is 1. The van der Waals surface area contributed by atoms with Crippen molar-refractivity contribution in [2.75, 3.05) is 18.1 Å². The van der Waals surface area contributed by atoms with Crippen LogP contribution in [0, 0.1) is 0 Å². The van der Waals surface area contributed by atoms with Crippen LogP contribution in [0.5, 0.6) is 0 Å². The average Bonchev–Trinajstić information content (AvgIpc) is 2.65. The number of carbonyl (C=O) groups excluding carboxylic acids is 1. The molecule has 0 aliphatic carbocycles. The summed E-state index contributed by atoms with van der Waals surface area (Å²) in [7, 11) is -3.42. The second-order valence-electron chi connectivity index (χ2n) is 6.36. The fraction of sp³-hybridized carbons (Fsp3) is 0.381. The molecular weight excluding hydrogens is 362 g/mol. The van der Waals surface area contributed by atoms with Gasteiger partial charge < -0.3 is 10.1 Å². The van der Waals surface area contributed by atoms with Crippen LogP contribution in [0.2, 0.25) is 0 Å². The number of aryl methyl sites for hydroxylation is 1. The highest BCUT2D eigenvalue weighted by atomic mass is 32.2. The number of sulfone groups is 1. The fourth-order valence-electron chi connectivity index (χ4n) is 2.74. The molecule has 1 N–H and O–H groups in total. The van der Waals surface area contributed by atoms with Crippen molar-refractivity contribution in [3.63, 3.8) is 0 Å². The van der Waals surface area contributed by atoms with Crippen LogP contribution >= 0.6 is 0 Å². The summed E-state index contributed by atoms with van der Waals surface area (Å²) in [5, 5.41) is 2.71. The third-order valence-electron chi connectivity index (χ3n) is 4.17. The topological polar surface area (TPSA) is 72.5 Å². The van der Waals surface area contributed by atoms with E-state index < -0.39 is 21.5 Å². The fourth-order valence-corrected chi connectivity index (χ4v) is 3.97. The maximum atomic E-state index is 12.2. The van der Waals surface area contributed by atoms with Crippen molar-refractivity contribution >= 4 is 15.7 Å². The van der Waals surface area contributed by atoms with E-state index in [0.717, 1.165) is 16.7 Å². The number of hydrogen-bond donors (Lipinski definition) is 1. The first-order valence-electron chi connectivity index (χ1n) is 9.16. The minimum atomic E-state index is -3.42. The molecule has 0 unspecified atom stereocenters. The van der Waals surface area contributed by atoms with E-state index in [1.165, 1.54) is 0 Å². The van der Waals surface area contributed by atoms with E-state index in [1.807, 2.05) is 61.5 Å². The Hall–Kier alpha value is -2.18. The number of carbonyl (C=O) groups is 1. The molecule has 0 fully saturated rings. The molecule has 2 aromatic carbocycles. The van der Waals surface area contributed by atoms with Gasteiger partial charge in [-0.15, -0.1) is 0 Å². The lowest BCUT2D eigenvalue weighted by atomic mass is 10.1. The molecular formula is C21H27NO4S. The maximum absolute atomic E-state index is 12.2. The number of amides is 1. The first-order chi connectivity index (χ1) is 13.0. The van der Waals surface area contributed by atoms with Crippen molar-refractivity contribution in [3.8, 4) is 0 Å². The highest BCUT2D eigenvalue weighted by molar-refractivity contribution is 7.92. The van der Waals surface area contributed by atoms with Crippen molar-refractivity contribution in [2.24, 2.45) is 0 Å². The second kappa shape index (κ2) is 10.8. The van der Waals surface area contributed by atoms with Crippen molar-refractivity contribution in [1.29, 1.82) is 0 Å². The Kier molecular flexibility index (Phi) is 8.48. The van der Waals surface area contributed by atoms with Crippen molar-refractivity contribution in [2.45, 2.75) is 32.9 Å². The first kappa shape index (κ1) is 21.1. The zero-order chi connectivity index (χ0) is 19.5. The van der Waals surface area contributed by atoms with Crippen LogP contribution in [0.15, 0.2) is 54.6 Å². The molecule has 0 spiro atoms. The standard InChI is InChI=1S/C21H27NO4S/c1-2-26-16-20-13-7-6-12-19(20)15-22-21(23)17-27(24,25)14-8-11-18-9-4-3-5-10-18/h3-7,9-10,12-13H,2,8,11,14-17H2,1H3,(H,22,23). The Labute approximate surface area is 161 Å². The lowest BCUT2D eigenvalue weighted by Crippen LogP contribution is -2.31. The molecule has 2 aromatic rings. The van der Waals surface area contributed by atoms with E-state index in [2.05, 4.69) is 5.32 Å². The van der Waals surface area contributed by atoms with Crippen molar-refractivity contribution < 1.29 is 17.9 Å². The molecule has 0 heterocycles. The van der Waals surface area contributed by atoms with Gasteiger partial charge in [0.2, 0.25) is 5.91 Å². The monoisotopic (exact) mass is 389 g/mol. The lowest BCUT2D eigenvalue weighted by Gasteiger charge is -2.11. The minimum absolute atomic E-state index is 0.0102. The Balaban J connectivity index is 1.79. The largest absolute Gasteiger partial charge is 0.377 e. The van der Waals surface area contributed by atoms with E-state index in [0.29, 0.717) is 32.6 Å². The Morgan fingerprint density at radius 2 is 1.67 bits per heavy atom. The number of rotatable bonds is 11. The molecule has 146 valence electrons. The van der Waals surface area contributed by atoms with Crippen LogP contribution < -0.4 is 5.32 Å². The number of benzene rings is 2. The highest BCUT2D eigenvalue weighted by Gasteiger charge is 2.16. The summed E-state index contributed by atoms with van der Waals surface area (Å²) < 4.78 is 29.8. The number of ether oxygens (including phenoxy) is 1. The normalized spacial score (nSPS) is 11.3. The zero-order valence-electron chi connectivity index (χ0n) is 15.7. The van der Waals surface area contributed by atoms with Crippen LogP contribution in [0.4, 0.5) is 0 Å². The zero-order valence-corrected chi connectivity index (χ0v) is 16.5. The molecule has 0 bridgehead atoms. The lowest BCUT2D eigenvalue weighted by molar-refractivity contribution is -0.118. The Morgan fingerprint density at radius 3 is 2.37 bits per heavy atom. The van der Waals surface area contributed by atoms with Crippen LogP contribution in [-0.2, 0) is 38.9 Å². The quantitative estimate of drug-likeness (QED) is 0.641. The second-order valence-corrected chi connectivity index (χ2v) is 8.55. The van der Waals surface area contributed by atoms with Crippen molar-refractivity contribution in [1.82, 2.24) is 5.32 Å². The Bertz CT molecular complexity index is 819. The van der Waals surface area contributed by atoms with Gasteiger partial charge in [-0.25, -0.2) is 8.42 Å². The van der Waals surface area contributed by atoms with Crippen LogP contribution in [0.1, 0.15) is 30.0 Å². The molecule has 0 saturated carbocycles. The van der Waals surface area contributed by atoms with Gasteiger partial charge in [-0.2, -0.15) is 0 Å². The molecule has 0 radical (unpaired) electrons. The summed E-state index contributed by atoms with van der Waals surface area (Å²) in [5.41, 5.74) is 3.02. The molecule has 2 rings (SSSR count). The van der Waals surface area contributed by atoms with Gasteiger partial charge in [0, 0.05) is 13.2 Å². The molecule has 0 aliphatic heterocycles. The van der Waals surface area contributed by atoms with E-state index >= 15 is 0 Å². The summed E-state index contributed by atoms with van der Waals surface area (Å²) in [6.45, 7) is 3.30. The molecule has 0 aromatic heterocycles. The van der Waals surface area contributed by atoms with Gasteiger partial charge in [0.15, 0.2) is 9.84 Å². The van der Waals surface area contributed by atoms with Gasteiger partial charge in [0.1, 0.15) is 5.75 Å². The maximum Gasteiger partial charge on any atom is 0.235 e. The van der Waals surface area contributed by atoms with Crippen LogP contribution in [0.3, 0.4) is 0 Å². The molecule has 1 amide bonds. The summed E-state index contributed by atoms with van der Waals surface area (Å²) >= 11 is 0. The Morgan fingerprint density at radius 1 is 1.00 bits per heavy atom. The molecule has 0 saturated heterocycles. The van der Waals surface area contributed by atoms with E-state index in [9.17, 15) is 13.2 Å². The predicted molar refractivity (Wildman–Crippen MR) is 107 cm³/mol. The smallest absolute Gasteiger partial charge is 0.235 e. The molecule has 27 heavy (non-hydrogen) atoms. The minimum Gasteiger partial charge on any atom is -0.377 e. The first-order valence-corrected chi connectivity index (χ1v) is 11.0. The third-order valence-corrected chi connectivity index (χ3v) is 5.78. The molecule has 0 atom stereocenters. The molecule has 0 aliphatic rings. The molecule has 6 heteroatoms. The summed E-state index contributed by atoms with van der Waals surface area (Å²) in [6, 6.07) is 17.4. The third kappa shape index (κ3) is 7.93. The predicted octanol–water partition coefficient (Wildman–Crippen LogP) is 2.89. The highest BCUT2D eigenvalue weighted by Crippen LogP contribution is 2.10. The number of hydrogen-bond acceptors (Lipinski definition) is 4. The van der Waals surface area contributed by atoms with E-state index in [1.54, 1.807) is 0 Å². The average molecular weight is 390 g/mol. The van der Waals surface area contributed by atoms with Gasteiger partial charge in [0.25, 0.3) is 0 Å². The van der Waals surface area contributed by atoms with Gasteiger partial charge in [-0.1, -0.05) is 54.6 Å². The van der Waals surface area contributed by atoms with Crippen molar-refractivity contribution in [3.05, 3.63) is 71.3 Å². The summed E-state index contributed by atoms with van der Waals surface area (Å²) in [6.07, 6.45) is 1.20. The van der Waals surface area contributed by atoms with Gasteiger partial charge in [-0.3, -0.25) is 4.79 Å². The van der Waals surface area contributed by atoms with E-state index in [4.69, 9.17) is 4.74 Å². The van der Waals surface area contributed by atoms with Gasteiger partial charge in [-0.05, 0) is 36.5 Å². The van der Waals surface area contributed by atoms with Gasteiger partial charge >= 0.3 is 0 Å².